The Morgan fingerprint density at radius 2 is 0.486 bits per heavy atom. The second kappa shape index (κ2) is 15.6. The molecule has 0 fully saturated rings. The Morgan fingerprint density at radius 3 is 0.784 bits per heavy atom. The van der Waals surface area contributed by atoms with Gasteiger partial charge in [-0.2, -0.15) is 52.7 Å². The van der Waals surface area contributed by atoms with Crippen LogP contribution in [0, 0.1) is 0 Å². The first-order valence-electron chi connectivity index (χ1n) is 23.2. The molecular formula is C62H30F12. The molecule has 0 aromatic heterocycles. The van der Waals surface area contributed by atoms with E-state index in [0.29, 0.717) is 56.9 Å². The lowest BCUT2D eigenvalue weighted by molar-refractivity contribution is -0.144. The van der Waals surface area contributed by atoms with Crippen molar-refractivity contribution in [3.63, 3.8) is 0 Å². The fraction of sp³-hybridized carbons (Fsp3) is 0.0645. The van der Waals surface area contributed by atoms with Gasteiger partial charge in [-0.05, 0) is 181 Å². The van der Waals surface area contributed by atoms with Gasteiger partial charge in [-0.25, -0.2) is 0 Å². The van der Waals surface area contributed by atoms with E-state index in [1.54, 1.807) is 36.4 Å². The molecule has 0 saturated carbocycles. The van der Waals surface area contributed by atoms with Crippen molar-refractivity contribution < 1.29 is 52.7 Å². The Balaban J connectivity index is 1.25. The fourth-order valence-corrected chi connectivity index (χ4v) is 11.6. The third-order valence-electron chi connectivity index (χ3n) is 14.5. The van der Waals surface area contributed by atoms with Gasteiger partial charge >= 0.3 is 24.7 Å². The van der Waals surface area contributed by atoms with Crippen LogP contribution in [-0.4, -0.2) is 0 Å². The first-order valence-corrected chi connectivity index (χ1v) is 23.2. The molecule has 0 spiro atoms. The first-order chi connectivity index (χ1) is 35.3. The number of halogens is 12. The van der Waals surface area contributed by atoms with Gasteiger partial charge in [0.1, 0.15) is 0 Å². The first kappa shape index (κ1) is 45.5. The summed E-state index contributed by atoms with van der Waals surface area (Å²) in [5.41, 5.74) is -0.339. The molecule has 12 heteroatoms. The summed E-state index contributed by atoms with van der Waals surface area (Å²) in [5.74, 6) is 0. The van der Waals surface area contributed by atoms with E-state index >= 15 is 0 Å². The van der Waals surface area contributed by atoms with Crippen molar-refractivity contribution in [2.24, 2.45) is 0 Å². The topological polar surface area (TPSA) is 0 Å². The maximum absolute atomic E-state index is 14.9. The predicted molar refractivity (Wildman–Crippen MR) is 267 cm³/mol. The highest BCUT2D eigenvalue weighted by atomic mass is 19.4. The summed E-state index contributed by atoms with van der Waals surface area (Å²) < 4.78 is 179. The van der Waals surface area contributed by atoms with Crippen molar-refractivity contribution in [3.8, 4) is 89.0 Å². The number of benzene rings is 11. The predicted octanol–water partition coefficient (Wildman–Crippen LogP) is 20.3. The molecule has 11 aromatic carbocycles. The van der Waals surface area contributed by atoms with E-state index in [4.69, 9.17) is 0 Å². The number of hydrogen-bond acceptors (Lipinski definition) is 0. The minimum Gasteiger partial charge on any atom is -0.166 e. The van der Waals surface area contributed by atoms with Crippen LogP contribution >= 0.6 is 0 Å². The third kappa shape index (κ3) is 6.79. The maximum Gasteiger partial charge on any atom is 0.416 e. The van der Waals surface area contributed by atoms with Gasteiger partial charge in [-0.3, -0.25) is 0 Å². The van der Waals surface area contributed by atoms with E-state index in [9.17, 15) is 52.7 Å². The lowest BCUT2D eigenvalue weighted by Gasteiger charge is -2.23. The quantitative estimate of drug-likeness (QED) is 0.122. The van der Waals surface area contributed by atoms with E-state index in [-0.39, 0.29) is 45.2 Å². The highest BCUT2D eigenvalue weighted by Gasteiger charge is 2.42. The molecule has 0 bridgehead atoms. The minimum absolute atomic E-state index is 0.00302. The van der Waals surface area contributed by atoms with Gasteiger partial charge in [0, 0.05) is 0 Å². The van der Waals surface area contributed by atoms with Gasteiger partial charge in [-0.1, -0.05) is 133 Å². The molecule has 0 nitrogen and oxygen atoms in total. The Labute approximate surface area is 412 Å². The van der Waals surface area contributed by atoms with Crippen LogP contribution in [0.15, 0.2) is 182 Å². The van der Waals surface area contributed by atoms with Crippen molar-refractivity contribution >= 4 is 43.1 Å². The number of hydrogen-bond donors (Lipinski definition) is 0. The molecule has 74 heavy (non-hydrogen) atoms. The van der Waals surface area contributed by atoms with Crippen molar-refractivity contribution in [1.29, 1.82) is 0 Å². The lowest BCUT2D eigenvalue weighted by atomic mass is 9.80. The normalized spacial score (nSPS) is 13.1. The van der Waals surface area contributed by atoms with Gasteiger partial charge in [0.25, 0.3) is 0 Å². The Kier molecular flexibility index (Phi) is 9.57. The molecule has 362 valence electrons. The van der Waals surface area contributed by atoms with E-state index < -0.39 is 58.1 Å². The average molecular weight is 1000 g/mol. The van der Waals surface area contributed by atoms with Gasteiger partial charge in [-0.15, -0.1) is 0 Å². The smallest absolute Gasteiger partial charge is 0.166 e. The monoisotopic (exact) mass is 1000 g/mol. The van der Waals surface area contributed by atoms with Gasteiger partial charge in [0.2, 0.25) is 0 Å². The van der Waals surface area contributed by atoms with Crippen LogP contribution in [0.4, 0.5) is 52.7 Å². The van der Waals surface area contributed by atoms with E-state index in [0.717, 1.165) is 55.3 Å². The Bertz CT molecular complexity index is 3890. The van der Waals surface area contributed by atoms with Crippen molar-refractivity contribution in [2.75, 3.05) is 0 Å². The minimum atomic E-state index is -5.28. The average Bonchev–Trinajstić information content (AvgIpc) is 3.94. The summed E-state index contributed by atoms with van der Waals surface area (Å²) >= 11 is 0. The summed E-state index contributed by atoms with van der Waals surface area (Å²) in [4.78, 5) is 0. The van der Waals surface area contributed by atoms with E-state index in [1.165, 1.54) is 12.1 Å². The highest BCUT2D eigenvalue weighted by Crippen LogP contribution is 2.65. The second-order valence-corrected chi connectivity index (χ2v) is 18.7. The molecule has 0 amide bonds. The Hall–Kier alpha value is -8.38. The summed E-state index contributed by atoms with van der Waals surface area (Å²) in [6.07, 6.45) is -21.1. The Morgan fingerprint density at radius 1 is 0.216 bits per heavy atom. The summed E-state index contributed by atoms with van der Waals surface area (Å²) in [6, 6.07) is 46.6. The number of fused-ring (bicyclic) bond motifs is 9. The van der Waals surface area contributed by atoms with Crippen LogP contribution < -0.4 is 0 Å². The lowest BCUT2D eigenvalue weighted by Crippen LogP contribution is -2.11. The molecule has 0 saturated heterocycles. The van der Waals surface area contributed by atoms with E-state index in [2.05, 4.69) is 0 Å². The zero-order valence-corrected chi connectivity index (χ0v) is 37.9. The fourth-order valence-electron chi connectivity index (χ4n) is 11.6. The van der Waals surface area contributed by atoms with Gasteiger partial charge in [0.15, 0.2) is 0 Å². The molecule has 0 aliphatic heterocycles. The molecule has 13 rings (SSSR count). The van der Waals surface area contributed by atoms with Gasteiger partial charge in [0.05, 0.1) is 22.3 Å². The molecule has 0 atom stereocenters. The van der Waals surface area contributed by atoms with Crippen LogP contribution in [-0.2, 0) is 24.7 Å². The highest BCUT2D eigenvalue weighted by molar-refractivity contribution is 6.35. The van der Waals surface area contributed by atoms with Gasteiger partial charge < -0.3 is 0 Å². The standard InChI is InChI=1S/C62H30F12/c63-59(64,65)37-23-35(24-38(29-37)60(66,67)68)51-47-27-33-15-7-8-16-34(33)28-48(47)52(36-25-39(61(69,70)71)30-40(26-36)62(72,73)74)58-46-22-20-44-53-43(19-21-45(54(46)53)57(51)58)55-49(31-11-3-1-4-12-31)41-17-9-10-18-42(41)50(56(44)55)32-13-5-2-6-14-32/h1-30H. The number of alkyl halides is 12. The van der Waals surface area contributed by atoms with Crippen LogP contribution in [0.2, 0.25) is 0 Å². The molecule has 0 heterocycles. The summed E-state index contributed by atoms with van der Waals surface area (Å²) in [6.45, 7) is 0. The zero-order chi connectivity index (χ0) is 51.4. The molecule has 0 unspecified atom stereocenters. The molecule has 0 radical (unpaired) electrons. The second-order valence-electron chi connectivity index (χ2n) is 18.7. The van der Waals surface area contributed by atoms with Crippen LogP contribution in [0.1, 0.15) is 22.3 Å². The number of rotatable bonds is 4. The van der Waals surface area contributed by atoms with E-state index in [1.807, 2.05) is 97.1 Å². The van der Waals surface area contributed by atoms with Crippen LogP contribution in [0.25, 0.3) is 132 Å². The third-order valence-corrected chi connectivity index (χ3v) is 14.5. The van der Waals surface area contributed by atoms with Crippen LogP contribution in [0.5, 0.6) is 0 Å². The van der Waals surface area contributed by atoms with Crippen LogP contribution in [0.3, 0.4) is 0 Å². The summed E-state index contributed by atoms with van der Waals surface area (Å²) in [7, 11) is 0. The molecule has 2 aliphatic rings. The maximum atomic E-state index is 14.9. The molecular weight excluding hydrogens is 973 g/mol. The van der Waals surface area contributed by atoms with Crippen molar-refractivity contribution in [1.82, 2.24) is 0 Å². The zero-order valence-electron chi connectivity index (χ0n) is 37.9. The van der Waals surface area contributed by atoms with Crippen molar-refractivity contribution in [3.05, 3.63) is 204 Å². The largest absolute Gasteiger partial charge is 0.416 e. The molecule has 2 aliphatic carbocycles. The SMILES string of the molecule is FC(F)(F)c1cc(-c2c3c(c(-c4cc(C(F)(F)F)cc(C(F)(F)F)c4)c4cc5ccccc5cc24)-c2ccc4c5c(ccc-3c25)-c2c-4c(-c3ccccc3)c3ccccc3c2-c2ccccc2)cc(C(F)(F)F)c1. The van der Waals surface area contributed by atoms with Crippen molar-refractivity contribution in [2.45, 2.75) is 24.7 Å². The molecule has 0 N–H and O–H groups in total. The summed E-state index contributed by atoms with van der Waals surface area (Å²) in [5, 5.41) is 3.86. The molecule has 11 aromatic rings.